The highest BCUT2D eigenvalue weighted by Gasteiger charge is 2.27. The number of urea groups is 1. The van der Waals surface area contributed by atoms with E-state index in [0.717, 1.165) is 58.0 Å². The number of piperidine rings is 2. The maximum Gasteiger partial charge on any atom is 0.317 e. The van der Waals surface area contributed by atoms with Crippen LogP contribution in [0.1, 0.15) is 38.2 Å². The van der Waals surface area contributed by atoms with Crippen LogP contribution in [0.15, 0.2) is 30.3 Å². The maximum atomic E-state index is 12.4. The van der Waals surface area contributed by atoms with Gasteiger partial charge in [0.1, 0.15) is 0 Å². The SMILES string of the molecule is CC1CCN(CCNC(=O)N2CCC(C(O)Cc3ccccc3)CC2)CC1. The summed E-state index contributed by atoms with van der Waals surface area (Å²) in [4.78, 5) is 16.8. The fourth-order valence-electron chi connectivity index (χ4n) is 4.23. The van der Waals surface area contributed by atoms with E-state index in [-0.39, 0.29) is 18.1 Å². The molecule has 1 aromatic carbocycles. The summed E-state index contributed by atoms with van der Waals surface area (Å²) >= 11 is 0. The van der Waals surface area contributed by atoms with Crippen molar-refractivity contribution in [2.75, 3.05) is 39.3 Å². The third-order valence-electron chi connectivity index (χ3n) is 6.24. The Bertz CT molecular complexity index is 564. The normalized spacial score (nSPS) is 21.2. The van der Waals surface area contributed by atoms with Crippen LogP contribution in [0.25, 0.3) is 0 Å². The number of carbonyl (C=O) groups excluding carboxylic acids is 1. The summed E-state index contributed by atoms with van der Waals surface area (Å²) in [5.74, 6) is 1.12. The van der Waals surface area contributed by atoms with Crippen LogP contribution in [0.5, 0.6) is 0 Å². The number of likely N-dealkylation sites (tertiary alicyclic amines) is 2. The first-order chi connectivity index (χ1) is 13.1. The summed E-state index contributed by atoms with van der Waals surface area (Å²) in [7, 11) is 0. The van der Waals surface area contributed by atoms with Gasteiger partial charge >= 0.3 is 6.03 Å². The van der Waals surface area contributed by atoms with Crippen LogP contribution in [-0.4, -0.2) is 66.3 Å². The fourth-order valence-corrected chi connectivity index (χ4v) is 4.23. The zero-order chi connectivity index (χ0) is 19.1. The molecule has 2 N–H and O–H groups in total. The molecule has 2 fully saturated rings. The molecule has 150 valence electrons. The standard InChI is InChI=1S/C22H35N3O2/c1-18-7-12-24(13-8-18)16-11-23-22(27)25-14-9-20(10-15-25)21(26)17-19-5-3-2-4-6-19/h2-6,18,20-21,26H,7-17H2,1H3,(H,23,27). The molecule has 1 atom stereocenters. The van der Waals surface area contributed by atoms with Crippen molar-refractivity contribution in [1.29, 1.82) is 0 Å². The predicted molar refractivity (Wildman–Crippen MR) is 109 cm³/mol. The van der Waals surface area contributed by atoms with Crippen molar-refractivity contribution < 1.29 is 9.90 Å². The molecule has 2 saturated heterocycles. The van der Waals surface area contributed by atoms with Crippen LogP contribution in [-0.2, 0) is 6.42 Å². The number of nitrogens with zero attached hydrogens (tertiary/aromatic N) is 2. The van der Waals surface area contributed by atoms with Crippen molar-refractivity contribution >= 4 is 6.03 Å². The Balaban J connectivity index is 1.33. The van der Waals surface area contributed by atoms with E-state index in [1.54, 1.807) is 0 Å². The van der Waals surface area contributed by atoms with E-state index in [1.165, 1.54) is 18.4 Å². The number of hydrogen-bond acceptors (Lipinski definition) is 3. The molecule has 1 aromatic rings. The van der Waals surface area contributed by atoms with Gasteiger partial charge < -0.3 is 20.2 Å². The molecular weight excluding hydrogens is 338 g/mol. The molecule has 3 rings (SSSR count). The van der Waals surface area contributed by atoms with Crippen LogP contribution in [0, 0.1) is 11.8 Å². The minimum absolute atomic E-state index is 0.0522. The molecule has 0 spiro atoms. The van der Waals surface area contributed by atoms with Crippen LogP contribution in [0.4, 0.5) is 4.79 Å². The quantitative estimate of drug-likeness (QED) is 0.806. The second-order valence-electron chi connectivity index (χ2n) is 8.34. The number of rotatable bonds is 6. The van der Waals surface area contributed by atoms with Gasteiger partial charge in [0.25, 0.3) is 0 Å². The van der Waals surface area contributed by atoms with Gasteiger partial charge in [-0.1, -0.05) is 37.3 Å². The van der Waals surface area contributed by atoms with Crippen molar-refractivity contribution in [1.82, 2.24) is 15.1 Å². The number of hydrogen-bond donors (Lipinski definition) is 2. The largest absolute Gasteiger partial charge is 0.392 e. The minimum Gasteiger partial charge on any atom is -0.392 e. The maximum absolute atomic E-state index is 12.4. The average Bonchev–Trinajstić information content (AvgIpc) is 2.70. The monoisotopic (exact) mass is 373 g/mol. The Morgan fingerprint density at radius 3 is 2.44 bits per heavy atom. The molecule has 2 heterocycles. The topological polar surface area (TPSA) is 55.8 Å². The first-order valence-electron chi connectivity index (χ1n) is 10.6. The zero-order valence-corrected chi connectivity index (χ0v) is 16.6. The lowest BCUT2D eigenvalue weighted by molar-refractivity contribution is 0.0670. The summed E-state index contributed by atoms with van der Waals surface area (Å²) < 4.78 is 0. The summed E-state index contributed by atoms with van der Waals surface area (Å²) in [6.07, 6.45) is 4.68. The van der Waals surface area contributed by atoms with E-state index in [9.17, 15) is 9.90 Å². The third kappa shape index (κ3) is 6.22. The van der Waals surface area contributed by atoms with E-state index in [4.69, 9.17) is 0 Å². The van der Waals surface area contributed by atoms with E-state index >= 15 is 0 Å². The van der Waals surface area contributed by atoms with Crippen LogP contribution in [0.3, 0.4) is 0 Å². The number of amides is 2. The third-order valence-corrected chi connectivity index (χ3v) is 6.24. The van der Waals surface area contributed by atoms with Gasteiger partial charge in [0.05, 0.1) is 6.10 Å². The lowest BCUT2D eigenvalue weighted by atomic mass is 9.88. The highest BCUT2D eigenvalue weighted by molar-refractivity contribution is 5.74. The number of nitrogens with one attached hydrogen (secondary N) is 1. The van der Waals surface area contributed by atoms with Gasteiger partial charge in [0, 0.05) is 26.2 Å². The highest BCUT2D eigenvalue weighted by Crippen LogP contribution is 2.23. The number of aliphatic hydroxyl groups is 1. The Morgan fingerprint density at radius 1 is 1.11 bits per heavy atom. The average molecular weight is 374 g/mol. The zero-order valence-electron chi connectivity index (χ0n) is 16.6. The van der Waals surface area contributed by atoms with Gasteiger partial charge in [-0.25, -0.2) is 4.79 Å². The molecule has 0 bridgehead atoms. The van der Waals surface area contributed by atoms with Gasteiger partial charge in [-0.05, 0) is 62.6 Å². The summed E-state index contributed by atoms with van der Waals surface area (Å²) in [6.45, 7) is 7.78. The van der Waals surface area contributed by atoms with Crippen molar-refractivity contribution in [2.24, 2.45) is 11.8 Å². The summed E-state index contributed by atoms with van der Waals surface area (Å²) in [5.41, 5.74) is 1.18. The van der Waals surface area contributed by atoms with Crippen LogP contribution < -0.4 is 5.32 Å². The number of aliphatic hydroxyl groups excluding tert-OH is 1. The Labute approximate surface area is 163 Å². The molecule has 0 saturated carbocycles. The summed E-state index contributed by atoms with van der Waals surface area (Å²) in [5, 5.41) is 13.6. The fraction of sp³-hybridized carbons (Fsp3) is 0.682. The molecule has 0 radical (unpaired) electrons. The molecule has 0 aromatic heterocycles. The van der Waals surface area contributed by atoms with Crippen LogP contribution >= 0.6 is 0 Å². The van der Waals surface area contributed by atoms with Gasteiger partial charge in [0.2, 0.25) is 0 Å². The second kappa shape index (κ2) is 10.1. The first-order valence-corrected chi connectivity index (χ1v) is 10.6. The van der Waals surface area contributed by atoms with Gasteiger partial charge in [-0.2, -0.15) is 0 Å². The van der Waals surface area contributed by atoms with Crippen molar-refractivity contribution in [3.63, 3.8) is 0 Å². The molecular formula is C22H35N3O2. The Kier molecular flexibility index (Phi) is 7.53. The minimum atomic E-state index is -0.320. The van der Waals surface area contributed by atoms with E-state index in [1.807, 2.05) is 23.1 Å². The Hall–Kier alpha value is -1.59. The lowest BCUT2D eigenvalue weighted by Gasteiger charge is -2.35. The molecule has 2 aliphatic heterocycles. The smallest absolute Gasteiger partial charge is 0.317 e. The molecule has 1 unspecified atom stereocenters. The van der Waals surface area contributed by atoms with Gasteiger partial charge in [-0.3, -0.25) is 0 Å². The van der Waals surface area contributed by atoms with Crippen molar-refractivity contribution in [3.05, 3.63) is 35.9 Å². The van der Waals surface area contributed by atoms with E-state index < -0.39 is 0 Å². The predicted octanol–water partition coefficient (Wildman–Crippen LogP) is 2.74. The second-order valence-corrected chi connectivity index (χ2v) is 8.34. The van der Waals surface area contributed by atoms with Gasteiger partial charge in [0.15, 0.2) is 0 Å². The molecule has 5 heteroatoms. The molecule has 2 aliphatic rings. The molecule has 2 amide bonds. The number of benzene rings is 1. The van der Waals surface area contributed by atoms with E-state index in [0.29, 0.717) is 6.42 Å². The first kappa shape index (κ1) is 20.2. The molecule has 0 aliphatic carbocycles. The lowest BCUT2D eigenvalue weighted by Crippen LogP contribution is -2.48. The van der Waals surface area contributed by atoms with Crippen molar-refractivity contribution in [2.45, 2.75) is 45.1 Å². The molecule has 27 heavy (non-hydrogen) atoms. The highest BCUT2D eigenvalue weighted by atomic mass is 16.3. The summed E-state index contributed by atoms with van der Waals surface area (Å²) in [6, 6.07) is 10.2. The number of carbonyl (C=O) groups is 1. The van der Waals surface area contributed by atoms with Crippen molar-refractivity contribution in [3.8, 4) is 0 Å². The van der Waals surface area contributed by atoms with E-state index in [2.05, 4.69) is 29.3 Å². The van der Waals surface area contributed by atoms with Crippen LogP contribution in [0.2, 0.25) is 0 Å². The van der Waals surface area contributed by atoms with Gasteiger partial charge in [-0.15, -0.1) is 0 Å². The Morgan fingerprint density at radius 2 is 1.78 bits per heavy atom. The molecule has 5 nitrogen and oxygen atoms in total.